The Morgan fingerprint density at radius 1 is 0.674 bits per heavy atom. The Labute approximate surface area is 260 Å². The van der Waals surface area contributed by atoms with Crippen LogP contribution in [0, 0.1) is 20.2 Å². The second-order valence-corrected chi connectivity index (χ2v) is 9.68. The summed E-state index contributed by atoms with van der Waals surface area (Å²) in [7, 11) is 0. The molecule has 0 radical (unpaired) electrons. The summed E-state index contributed by atoms with van der Waals surface area (Å²) in [6, 6.07) is 9.40. The molecule has 21 heteroatoms. The fourth-order valence-electron chi connectivity index (χ4n) is 3.84. The zero-order valence-corrected chi connectivity index (χ0v) is 24.3. The van der Waals surface area contributed by atoms with E-state index in [9.17, 15) is 34.6 Å². The van der Waals surface area contributed by atoms with Gasteiger partial charge in [-0.2, -0.15) is 0 Å². The first-order valence-corrected chi connectivity index (χ1v) is 13.3. The van der Waals surface area contributed by atoms with E-state index in [1.165, 1.54) is 24.3 Å². The Hall–Kier alpha value is -6.09. The Balaban J connectivity index is 2.39. The minimum absolute atomic E-state index is 0.0626. The highest BCUT2D eigenvalue weighted by molar-refractivity contribution is 6.20. The van der Waals surface area contributed by atoms with Crippen molar-refractivity contribution in [1.82, 2.24) is 0 Å². The average molecular weight is 647 g/mol. The molecule has 2 aromatic rings. The van der Waals surface area contributed by atoms with E-state index in [2.05, 4.69) is 20.9 Å². The van der Waals surface area contributed by atoms with Crippen molar-refractivity contribution >= 4 is 52.4 Å². The summed E-state index contributed by atoms with van der Waals surface area (Å²) in [5.74, 6) is -4.62. The number of aliphatic imine (C=N–C) groups is 2. The van der Waals surface area contributed by atoms with Gasteiger partial charge in [0.1, 0.15) is 0 Å². The van der Waals surface area contributed by atoms with Crippen molar-refractivity contribution in [2.75, 3.05) is 24.0 Å². The molecule has 0 saturated carbocycles. The summed E-state index contributed by atoms with van der Waals surface area (Å²) in [4.78, 5) is 79.1. The van der Waals surface area contributed by atoms with Gasteiger partial charge >= 0.3 is 11.9 Å². The molecule has 0 fully saturated rings. The second-order valence-electron chi connectivity index (χ2n) is 9.68. The molecule has 0 unspecified atom stereocenters. The average Bonchev–Trinajstić information content (AvgIpc) is 3.02. The minimum atomic E-state index is -2.61. The molecule has 2 atom stereocenters. The molecular weight excluding hydrogens is 612 g/mol. The summed E-state index contributed by atoms with van der Waals surface area (Å²) in [5, 5.41) is 21.8. The van der Waals surface area contributed by atoms with Gasteiger partial charge in [-0.05, 0) is 49.9 Å². The number of nitrogens with one attached hydrogen (secondary N) is 2. The van der Waals surface area contributed by atoms with Crippen LogP contribution in [0.5, 0.6) is 0 Å². The number of Topliss-reactive ketones (excluding diaryl/α,β-unsaturated/α-hetero) is 1. The van der Waals surface area contributed by atoms with Gasteiger partial charge in [-0.1, -0.05) is 0 Å². The summed E-state index contributed by atoms with van der Waals surface area (Å²) in [6.07, 6.45) is -1.07. The van der Waals surface area contributed by atoms with E-state index in [0.29, 0.717) is 0 Å². The SMILES string of the molecule is NC(N)=NCCC[C@](N)(C(=O)ONc1ccc([N+](=O)[O-])cc1)C(=O)[C@](N)(CCCN=C(N)N)C(=O)ONc1ccc([N+](=O)[O-])cc1. The lowest BCUT2D eigenvalue weighted by atomic mass is 9.76. The molecule has 0 aliphatic carbocycles. The fourth-order valence-corrected chi connectivity index (χ4v) is 3.84. The second kappa shape index (κ2) is 16.1. The molecule has 14 N–H and O–H groups in total. The van der Waals surface area contributed by atoms with Crippen LogP contribution in [0.1, 0.15) is 25.7 Å². The van der Waals surface area contributed by atoms with Crippen LogP contribution in [0.3, 0.4) is 0 Å². The van der Waals surface area contributed by atoms with Crippen molar-refractivity contribution in [3.05, 3.63) is 68.8 Å². The van der Waals surface area contributed by atoms with Crippen LogP contribution in [-0.2, 0) is 24.1 Å². The number of nitro benzene ring substituents is 2. The lowest BCUT2D eigenvalue weighted by Crippen LogP contribution is -2.69. The molecule has 0 heterocycles. The zero-order chi connectivity index (χ0) is 34.5. The van der Waals surface area contributed by atoms with Gasteiger partial charge in [0.25, 0.3) is 11.4 Å². The normalized spacial score (nSPS) is 13.1. The molecule has 0 saturated heterocycles. The molecule has 0 aliphatic rings. The van der Waals surface area contributed by atoms with E-state index in [0.717, 1.165) is 24.3 Å². The highest BCUT2D eigenvalue weighted by Gasteiger charge is 2.56. The van der Waals surface area contributed by atoms with Crippen molar-refractivity contribution in [3.63, 3.8) is 0 Å². The molecule has 0 aliphatic heterocycles. The maximum atomic E-state index is 14.1. The largest absolute Gasteiger partial charge is 0.370 e. The molecular formula is C25H34N12O9. The van der Waals surface area contributed by atoms with Crippen LogP contribution in [-0.4, -0.2) is 63.7 Å². The number of anilines is 2. The number of nitrogens with two attached hydrogens (primary N) is 6. The maximum absolute atomic E-state index is 14.1. The van der Waals surface area contributed by atoms with E-state index in [4.69, 9.17) is 44.1 Å². The third-order valence-corrected chi connectivity index (χ3v) is 6.27. The lowest BCUT2D eigenvalue weighted by molar-refractivity contribution is -0.385. The predicted molar refractivity (Wildman–Crippen MR) is 164 cm³/mol. The Kier molecular flexibility index (Phi) is 12.6. The molecule has 0 amide bonds. The van der Waals surface area contributed by atoms with E-state index in [-0.39, 0.29) is 60.6 Å². The standard InChI is InChI=1S/C25H34N12O9/c26-22(27)32-13-1-11-24(30,20(39)45-34-15-3-7-17(8-4-15)36(41)42)19(38)25(31,12-2-14-33-23(28)29)21(40)46-35-16-5-9-18(10-6-16)37(43)44/h3-10,34-35H,1-2,11-14,30-31H2,(H4,26,27,32)(H4,28,29,33)/t24-,25-/m1/s1. The van der Waals surface area contributed by atoms with E-state index in [1.54, 1.807) is 0 Å². The Bertz CT molecular complexity index is 1370. The molecule has 0 bridgehead atoms. The predicted octanol–water partition coefficient (Wildman–Crippen LogP) is -0.985. The number of carbonyl (C=O) groups excluding carboxylic acids is 3. The van der Waals surface area contributed by atoms with Gasteiger partial charge in [0.2, 0.25) is 0 Å². The first-order valence-electron chi connectivity index (χ1n) is 13.3. The summed E-state index contributed by atoms with van der Waals surface area (Å²) < 4.78 is 0. The van der Waals surface area contributed by atoms with Gasteiger partial charge < -0.3 is 44.1 Å². The van der Waals surface area contributed by atoms with Gasteiger partial charge in [-0.15, -0.1) is 0 Å². The smallest absolute Gasteiger partial charge is 0.359 e. The zero-order valence-electron chi connectivity index (χ0n) is 24.3. The third kappa shape index (κ3) is 9.99. The number of nitro groups is 2. The molecule has 0 spiro atoms. The maximum Gasteiger partial charge on any atom is 0.359 e. The van der Waals surface area contributed by atoms with Gasteiger partial charge in [-0.3, -0.25) is 35.0 Å². The van der Waals surface area contributed by atoms with Crippen LogP contribution in [0.15, 0.2) is 58.5 Å². The number of non-ortho nitro benzene ring substituents is 2. The van der Waals surface area contributed by atoms with Crippen LogP contribution in [0.4, 0.5) is 22.7 Å². The Morgan fingerprint density at radius 3 is 1.28 bits per heavy atom. The van der Waals surface area contributed by atoms with Gasteiger partial charge in [0, 0.05) is 37.4 Å². The number of carbonyl (C=O) groups is 3. The van der Waals surface area contributed by atoms with Crippen molar-refractivity contribution in [2.24, 2.45) is 44.4 Å². The molecule has 46 heavy (non-hydrogen) atoms. The Morgan fingerprint density at radius 2 is 1.00 bits per heavy atom. The summed E-state index contributed by atoms with van der Waals surface area (Å²) >= 11 is 0. The van der Waals surface area contributed by atoms with Crippen LogP contribution < -0.4 is 45.4 Å². The number of benzene rings is 2. The number of ketones is 1. The molecule has 0 aromatic heterocycles. The first kappa shape index (κ1) is 36.1. The summed E-state index contributed by atoms with van der Waals surface area (Å²) in [6.45, 7) is -0.155. The third-order valence-electron chi connectivity index (χ3n) is 6.27. The number of hydrogen-bond acceptors (Lipinski definition) is 15. The van der Waals surface area contributed by atoms with Crippen molar-refractivity contribution in [1.29, 1.82) is 0 Å². The van der Waals surface area contributed by atoms with Gasteiger partial charge in [0.05, 0.1) is 21.2 Å². The van der Waals surface area contributed by atoms with Gasteiger partial charge in [-0.25, -0.2) is 20.5 Å². The molecule has 248 valence electrons. The topological polar surface area (TPSA) is 361 Å². The van der Waals surface area contributed by atoms with E-state index < -0.39 is 51.5 Å². The van der Waals surface area contributed by atoms with Crippen LogP contribution in [0.25, 0.3) is 0 Å². The highest BCUT2D eigenvalue weighted by atomic mass is 16.7. The fraction of sp³-hybridized carbons (Fsp3) is 0.320. The van der Waals surface area contributed by atoms with Crippen molar-refractivity contribution in [2.45, 2.75) is 36.8 Å². The number of guanidine groups is 2. The van der Waals surface area contributed by atoms with Crippen molar-refractivity contribution in [3.8, 4) is 0 Å². The monoisotopic (exact) mass is 646 g/mol. The molecule has 21 nitrogen and oxygen atoms in total. The van der Waals surface area contributed by atoms with Crippen molar-refractivity contribution < 1.29 is 33.9 Å². The molecule has 2 rings (SSSR count). The van der Waals surface area contributed by atoms with Gasteiger partial charge in [0.15, 0.2) is 28.8 Å². The number of nitrogens with zero attached hydrogens (tertiary/aromatic N) is 4. The first-order chi connectivity index (χ1) is 21.6. The summed E-state index contributed by atoms with van der Waals surface area (Å²) in [5.41, 5.74) is 33.0. The minimum Gasteiger partial charge on any atom is -0.370 e. The quantitative estimate of drug-likeness (QED) is 0.0240. The number of hydrogen-bond donors (Lipinski definition) is 8. The van der Waals surface area contributed by atoms with Crippen LogP contribution in [0.2, 0.25) is 0 Å². The van der Waals surface area contributed by atoms with E-state index in [1.807, 2.05) is 0 Å². The highest BCUT2D eigenvalue weighted by Crippen LogP contribution is 2.26. The molecule has 2 aromatic carbocycles. The van der Waals surface area contributed by atoms with Crippen LogP contribution >= 0.6 is 0 Å². The lowest BCUT2D eigenvalue weighted by Gasteiger charge is -2.34. The number of rotatable bonds is 18. The van der Waals surface area contributed by atoms with E-state index >= 15 is 0 Å².